The summed E-state index contributed by atoms with van der Waals surface area (Å²) in [4.78, 5) is 16.9. The molecule has 4 rings (SSSR count). The molecule has 0 aromatic heterocycles. The van der Waals surface area contributed by atoms with E-state index < -0.39 is 0 Å². The lowest BCUT2D eigenvalue weighted by Crippen LogP contribution is -2.53. The minimum Gasteiger partial charge on any atom is -0.489 e. The van der Waals surface area contributed by atoms with Crippen LogP contribution >= 0.6 is 0 Å². The summed E-state index contributed by atoms with van der Waals surface area (Å²) in [6.07, 6.45) is 2.49. The van der Waals surface area contributed by atoms with Gasteiger partial charge in [0.25, 0.3) is 0 Å². The number of carbonyl (C=O) groups is 1. The maximum atomic E-state index is 11.8. The number of rotatable bonds is 9. The van der Waals surface area contributed by atoms with E-state index in [1.54, 1.807) is 0 Å². The lowest BCUT2D eigenvalue weighted by atomic mass is 9.86. The standard InChI is InChI=1S/C27H36N2O4/c1-31-27(30)12-9-24-20-28(14-13-26(24)29-15-17-32-18-16-29)19-22-7-10-25(11-8-22)33-21-23-5-3-2-4-6-23/h2-8,10-11,24,26H,9,12-21H2,1H3/t24-,26+/m1/s1. The third-order valence-electron chi connectivity index (χ3n) is 6.82. The molecule has 0 amide bonds. The molecule has 2 saturated heterocycles. The fourth-order valence-electron chi connectivity index (χ4n) is 5.01. The van der Waals surface area contributed by atoms with Crippen LogP contribution in [-0.2, 0) is 27.4 Å². The van der Waals surface area contributed by atoms with Crippen molar-refractivity contribution in [1.82, 2.24) is 9.80 Å². The SMILES string of the molecule is COC(=O)CC[C@@H]1CN(Cc2ccc(OCc3ccccc3)cc2)CC[C@@H]1N1CCOCC1. The zero-order valence-corrected chi connectivity index (χ0v) is 19.7. The lowest BCUT2D eigenvalue weighted by Gasteiger charge is -2.45. The summed E-state index contributed by atoms with van der Waals surface area (Å²) >= 11 is 0. The third kappa shape index (κ3) is 7.03. The van der Waals surface area contributed by atoms with Crippen molar-refractivity contribution >= 4 is 5.97 Å². The van der Waals surface area contributed by atoms with Gasteiger partial charge < -0.3 is 14.2 Å². The molecule has 2 aromatic carbocycles. The van der Waals surface area contributed by atoms with Crippen LogP contribution < -0.4 is 4.74 Å². The Bertz CT molecular complexity index is 852. The molecule has 0 saturated carbocycles. The minimum absolute atomic E-state index is 0.112. The van der Waals surface area contributed by atoms with Crippen LogP contribution in [0, 0.1) is 5.92 Å². The summed E-state index contributed by atoms with van der Waals surface area (Å²) in [5.74, 6) is 1.24. The molecule has 33 heavy (non-hydrogen) atoms. The number of piperidine rings is 1. The second-order valence-electron chi connectivity index (χ2n) is 9.03. The van der Waals surface area contributed by atoms with Gasteiger partial charge in [-0.1, -0.05) is 42.5 Å². The first-order valence-electron chi connectivity index (χ1n) is 12.1. The predicted molar refractivity (Wildman–Crippen MR) is 128 cm³/mol. The van der Waals surface area contributed by atoms with Crippen LogP contribution in [0.15, 0.2) is 54.6 Å². The maximum Gasteiger partial charge on any atom is 0.305 e. The van der Waals surface area contributed by atoms with Gasteiger partial charge in [-0.2, -0.15) is 0 Å². The fourth-order valence-corrected chi connectivity index (χ4v) is 5.01. The molecule has 0 spiro atoms. The van der Waals surface area contributed by atoms with Crippen molar-refractivity contribution in [1.29, 1.82) is 0 Å². The Balaban J connectivity index is 1.32. The molecule has 2 aliphatic rings. The van der Waals surface area contributed by atoms with Crippen molar-refractivity contribution in [2.75, 3.05) is 46.5 Å². The van der Waals surface area contributed by atoms with Gasteiger partial charge in [0.2, 0.25) is 0 Å². The van der Waals surface area contributed by atoms with E-state index in [2.05, 4.69) is 46.2 Å². The van der Waals surface area contributed by atoms with E-state index in [1.165, 1.54) is 18.2 Å². The molecular formula is C27H36N2O4. The normalized spacial score (nSPS) is 22.1. The molecule has 2 fully saturated rings. The molecule has 0 N–H and O–H groups in total. The van der Waals surface area contributed by atoms with Gasteiger partial charge in [0.1, 0.15) is 12.4 Å². The number of nitrogens with zero attached hydrogens (tertiary/aromatic N) is 2. The molecule has 0 unspecified atom stereocenters. The van der Waals surface area contributed by atoms with Gasteiger partial charge >= 0.3 is 5.97 Å². The monoisotopic (exact) mass is 452 g/mol. The van der Waals surface area contributed by atoms with E-state index in [0.29, 0.717) is 25.0 Å². The zero-order chi connectivity index (χ0) is 22.9. The quantitative estimate of drug-likeness (QED) is 0.541. The molecule has 2 aliphatic heterocycles. The van der Waals surface area contributed by atoms with E-state index in [1.807, 2.05) is 18.2 Å². The number of benzene rings is 2. The molecule has 178 valence electrons. The summed E-state index contributed by atoms with van der Waals surface area (Å²) in [6.45, 7) is 7.17. The first kappa shape index (κ1) is 23.7. The lowest BCUT2D eigenvalue weighted by molar-refractivity contribution is -0.141. The van der Waals surface area contributed by atoms with Crippen LogP contribution in [0.1, 0.15) is 30.4 Å². The van der Waals surface area contributed by atoms with Gasteiger partial charge in [0.15, 0.2) is 0 Å². The van der Waals surface area contributed by atoms with E-state index in [9.17, 15) is 4.79 Å². The first-order valence-corrected chi connectivity index (χ1v) is 12.1. The van der Waals surface area contributed by atoms with Crippen molar-refractivity contribution < 1.29 is 19.0 Å². The molecule has 6 heteroatoms. The highest BCUT2D eigenvalue weighted by atomic mass is 16.5. The molecule has 2 heterocycles. The van der Waals surface area contributed by atoms with Crippen LogP contribution in [0.5, 0.6) is 5.75 Å². The maximum absolute atomic E-state index is 11.8. The van der Waals surface area contributed by atoms with Crippen LogP contribution in [0.2, 0.25) is 0 Å². The van der Waals surface area contributed by atoms with Crippen molar-refractivity contribution in [2.24, 2.45) is 5.92 Å². The number of carbonyl (C=O) groups excluding carboxylic acids is 1. The van der Waals surface area contributed by atoms with Gasteiger partial charge in [-0.3, -0.25) is 14.6 Å². The van der Waals surface area contributed by atoms with E-state index >= 15 is 0 Å². The minimum atomic E-state index is -0.112. The highest BCUT2D eigenvalue weighted by Gasteiger charge is 2.34. The molecule has 0 radical (unpaired) electrons. The molecule has 6 nitrogen and oxygen atoms in total. The number of esters is 1. The summed E-state index contributed by atoms with van der Waals surface area (Å²) < 4.78 is 16.4. The van der Waals surface area contributed by atoms with Crippen molar-refractivity contribution in [3.8, 4) is 5.75 Å². The molecular weight excluding hydrogens is 416 g/mol. The number of morpholine rings is 1. The number of hydrogen-bond acceptors (Lipinski definition) is 6. The smallest absolute Gasteiger partial charge is 0.305 e. The Kier molecular flexibility index (Phi) is 8.75. The second kappa shape index (κ2) is 12.2. The van der Waals surface area contributed by atoms with Gasteiger partial charge in [-0.25, -0.2) is 0 Å². The number of hydrogen-bond donors (Lipinski definition) is 0. The summed E-state index contributed by atoms with van der Waals surface area (Å²) in [5.41, 5.74) is 2.46. The van der Waals surface area contributed by atoms with Crippen LogP contribution in [0.25, 0.3) is 0 Å². The van der Waals surface area contributed by atoms with Crippen LogP contribution in [-0.4, -0.2) is 68.3 Å². The number of likely N-dealkylation sites (tertiary alicyclic amines) is 1. The van der Waals surface area contributed by atoms with E-state index in [0.717, 1.165) is 64.5 Å². The summed E-state index contributed by atoms with van der Waals surface area (Å²) in [6, 6.07) is 19.2. The molecule has 0 aliphatic carbocycles. The van der Waals surface area contributed by atoms with E-state index in [4.69, 9.17) is 14.2 Å². The highest BCUT2D eigenvalue weighted by molar-refractivity contribution is 5.69. The topological polar surface area (TPSA) is 51.2 Å². The van der Waals surface area contributed by atoms with Crippen LogP contribution in [0.4, 0.5) is 0 Å². The third-order valence-corrected chi connectivity index (χ3v) is 6.82. The average molecular weight is 453 g/mol. The average Bonchev–Trinajstić information content (AvgIpc) is 2.88. The Labute approximate surface area is 197 Å². The molecule has 2 aromatic rings. The van der Waals surface area contributed by atoms with Crippen LogP contribution in [0.3, 0.4) is 0 Å². The molecule has 0 bridgehead atoms. The Hall–Kier alpha value is -2.41. The zero-order valence-electron chi connectivity index (χ0n) is 19.7. The van der Waals surface area contributed by atoms with Crippen molar-refractivity contribution in [3.63, 3.8) is 0 Å². The second-order valence-corrected chi connectivity index (χ2v) is 9.03. The van der Waals surface area contributed by atoms with Gasteiger partial charge in [0.05, 0.1) is 20.3 Å². The van der Waals surface area contributed by atoms with Gasteiger partial charge in [-0.05, 0) is 48.6 Å². The van der Waals surface area contributed by atoms with Crippen molar-refractivity contribution in [3.05, 3.63) is 65.7 Å². The molecule has 2 atom stereocenters. The highest BCUT2D eigenvalue weighted by Crippen LogP contribution is 2.28. The largest absolute Gasteiger partial charge is 0.489 e. The fraction of sp³-hybridized carbons (Fsp3) is 0.519. The first-order chi connectivity index (χ1) is 16.2. The summed E-state index contributed by atoms with van der Waals surface area (Å²) in [7, 11) is 1.47. The number of methoxy groups -OCH3 is 1. The Morgan fingerprint density at radius 2 is 1.76 bits per heavy atom. The van der Waals surface area contributed by atoms with Gasteiger partial charge in [0, 0.05) is 38.6 Å². The number of ether oxygens (including phenoxy) is 3. The summed E-state index contributed by atoms with van der Waals surface area (Å²) in [5, 5.41) is 0. The van der Waals surface area contributed by atoms with Crippen molar-refractivity contribution in [2.45, 2.75) is 38.5 Å². The van der Waals surface area contributed by atoms with E-state index in [-0.39, 0.29) is 5.97 Å². The van der Waals surface area contributed by atoms with Gasteiger partial charge in [-0.15, -0.1) is 0 Å². The Morgan fingerprint density at radius 3 is 2.48 bits per heavy atom. The Morgan fingerprint density at radius 1 is 1.00 bits per heavy atom. The predicted octanol–water partition coefficient (Wildman–Crippen LogP) is 3.74.